The van der Waals surface area contributed by atoms with Gasteiger partial charge in [0.05, 0.1) is 5.71 Å². The Labute approximate surface area is 152 Å². The van der Waals surface area contributed by atoms with Crippen molar-refractivity contribution in [3.8, 4) is 11.1 Å². The first kappa shape index (κ1) is 16.9. The highest BCUT2D eigenvalue weighted by Crippen LogP contribution is 2.19. The molecule has 4 heteroatoms. The van der Waals surface area contributed by atoms with Crippen molar-refractivity contribution >= 4 is 23.2 Å². The van der Waals surface area contributed by atoms with Crippen LogP contribution in [-0.2, 0) is 0 Å². The molecule has 0 radical (unpaired) electrons. The Morgan fingerprint density at radius 1 is 0.840 bits per heavy atom. The third kappa shape index (κ3) is 4.34. The first-order chi connectivity index (χ1) is 12.1. The highest BCUT2D eigenvalue weighted by Gasteiger charge is 2.05. The molecule has 3 aromatic carbocycles. The van der Waals surface area contributed by atoms with E-state index in [4.69, 9.17) is 11.6 Å². The fourth-order valence-corrected chi connectivity index (χ4v) is 2.62. The summed E-state index contributed by atoms with van der Waals surface area (Å²) in [6, 6.07) is 25.0. The summed E-state index contributed by atoms with van der Waals surface area (Å²) < 4.78 is 0. The predicted molar refractivity (Wildman–Crippen MR) is 103 cm³/mol. The van der Waals surface area contributed by atoms with Gasteiger partial charge in [-0.15, -0.1) is 0 Å². The number of hydrazone groups is 1. The van der Waals surface area contributed by atoms with Crippen molar-refractivity contribution < 1.29 is 4.79 Å². The van der Waals surface area contributed by atoms with Crippen LogP contribution < -0.4 is 5.43 Å². The molecule has 124 valence electrons. The van der Waals surface area contributed by atoms with E-state index in [1.807, 2.05) is 49.4 Å². The number of benzene rings is 3. The molecule has 0 saturated heterocycles. The van der Waals surface area contributed by atoms with Crippen molar-refractivity contribution in [2.75, 3.05) is 0 Å². The van der Waals surface area contributed by atoms with Gasteiger partial charge in [-0.3, -0.25) is 4.79 Å². The number of carbonyl (C=O) groups excluding carboxylic acids is 1. The van der Waals surface area contributed by atoms with E-state index in [1.165, 1.54) is 0 Å². The smallest absolute Gasteiger partial charge is 0.267 e. The summed E-state index contributed by atoms with van der Waals surface area (Å²) in [5.41, 5.74) is 7.02. The summed E-state index contributed by atoms with van der Waals surface area (Å²) >= 11 is 5.90. The third-order valence-corrected chi connectivity index (χ3v) is 4.06. The number of halogens is 1. The molecule has 3 rings (SSSR count). The molecular weight excluding hydrogens is 332 g/mol. The minimum atomic E-state index is -0.289. The van der Waals surface area contributed by atoms with Gasteiger partial charge in [-0.1, -0.05) is 72.3 Å². The van der Waals surface area contributed by atoms with Crippen molar-refractivity contribution in [2.24, 2.45) is 5.10 Å². The second kappa shape index (κ2) is 7.77. The van der Waals surface area contributed by atoms with Crippen LogP contribution >= 0.6 is 11.6 Å². The van der Waals surface area contributed by atoms with Crippen LogP contribution in [0.2, 0.25) is 5.02 Å². The van der Waals surface area contributed by atoms with Crippen LogP contribution in [0, 0.1) is 0 Å². The lowest BCUT2D eigenvalue weighted by Gasteiger charge is -2.05. The van der Waals surface area contributed by atoms with Gasteiger partial charge in [-0.05, 0) is 41.8 Å². The zero-order chi connectivity index (χ0) is 17.6. The van der Waals surface area contributed by atoms with Gasteiger partial charge in [0.1, 0.15) is 0 Å². The van der Waals surface area contributed by atoms with Crippen LogP contribution in [0.4, 0.5) is 0 Å². The molecule has 0 atom stereocenters. The fourth-order valence-electron chi connectivity index (χ4n) is 2.43. The molecule has 0 bridgehead atoms. The molecule has 1 N–H and O–H groups in total. The standard InChI is InChI=1S/C21H17ClN2O/c1-15(23-24-21(25)19-8-5-9-20(22)14-19)16-10-12-18(13-11-16)17-6-3-2-4-7-17/h2-14H,1H3,(H,24,25). The predicted octanol–water partition coefficient (Wildman–Crippen LogP) is 5.16. The van der Waals surface area contributed by atoms with E-state index in [-0.39, 0.29) is 5.91 Å². The quantitative estimate of drug-likeness (QED) is 0.513. The molecular formula is C21H17ClN2O. The molecule has 3 nitrogen and oxygen atoms in total. The topological polar surface area (TPSA) is 41.5 Å². The minimum absolute atomic E-state index is 0.289. The zero-order valence-electron chi connectivity index (χ0n) is 13.7. The number of rotatable bonds is 4. The monoisotopic (exact) mass is 348 g/mol. The summed E-state index contributed by atoms with van der Waals surface area (Å²) in [6.07, 6.45) is 0. The maximum atomic E-state index is 12.1. The number of hydrogen-bond donors (Lipinski definition) is 1. The van der Waals surface area contributed by atoms with Crippen LogP contribution in [0.25, 0.3) is 11.1 Å². The zero-order valence-corrected chi connectivity index (χ0v) is 14.5. The molecule has 0 saturated carbocycles. The van der Waals surface area contributed by atoms with Gasteiger partial charge >= 0.3 is 0 Å². The number of carbonyl (C=O) groups is 1. The Bertz CT molecular complexity index is 903. The van der Waals surface area contributed by atoms with Gasteiger partial charge in [0.2, 0.25) is 0 Å². The summed E-state index contributed by atoms with van der Waals surface area (Å²) in [5, 5.41) is 4.70. The average Bonchev–Trinajstić information content (AvgIpc) is 2.66. The lowest BCUT2D eigenvalue weighted by Crippen LogP contribution is -2.19. The first-order valence-electron chi connectivity index (χ1n) is 7.89. The normalized spacial score (nSPS) is 11.2. The van der Waals surface area contributed by atoms with E-state index in [9.17, 15) is 4.79 Å². The Kier molecular flexibility index (Phi) is 5.26. The van der Waals surface area contributed by atoms with Crippen molar-refractivity contribution in [2.45, 2.75) is 6.92 Å². The highest BCUT2D eigenvalue weighted by molar-refractivity contribution is 6.30. The van der Waals surface area contributed by atoms with Crippen LogP contribution in [0.15, 0.2) is 84.0 Å². The molecule has 0 aliphatic carbocycles. The largest absolute Gasteiger partial charge is 0.271 e. The van der Waals surface area contributed by atoms with Gasteiger partial charge in [0.15, 0.2) is 0 Å². The maximum Gasteiger partial charge on any atom is 0.271 e. The molecule has 3 aromatic rings. The van der Waals surface area contributed by atoms with E-state index in [1.54, 1.807) is 24.3 Å². The number of amides is 1. The van der Waals surface area contributed by atoms with Crippen molar-refractivity contribution in [1.82, 2.24) is 5.43 Å². The molecule has 0 heterocycles. The first-order valence-corrected chi connectivity index (χ1v) is 8.27. The van der Waals surface area contributed by atoms with E-state index >= 15 is 0 Å². The number of nitrogens with zero attached hydrogens (tertiary/aromatic N) is 1. The molecule has 0 spiro atoms. The molecule has 0 aliphatic heterocycles. The maximum absolute atomic E-state index is 12.1. The Morgan fingerprint density at radius 3 is 2.20 bits per heavy atom. The number of nitrogens with one attached hydrogen (secondary N) is 1. The van der Waals surface area contributed by atoms with E-state index in [0.717, 1.165) is 22.4 Å². The average molecular weight is 349 g/mol. The molecule has 0 aliphatic rings. The van der Waals surface area contributed by atoms with Gasteiger partial charge in [0.25, 0.3) is 5.91 Å². The van der Waals surface area contributed by atoms with Crippen molar-refractivity contribution in [3.63, 3.8) is 0 Å². The molecule has 0 aromatic heterocycles. The van der Waals surface area contributed by atoms with Crippen LogP contribution in [-0.4, -0.2) is 11.6 Å². The van der Waals surface area contributed by atoms with Gasteiger partial charge in [0, 0.05) is 10.6 Å². The third-order valence-electron chi connectivity index (χ3n) is 3.82. The van der Waals surface area contributed by atoms with Crippen molar-refractivity contribution in [3.05, 3.63) is 95.0 Å². The van der Waals surface area contributed by atoms with Crippen LogP contribution in [0.1, 0.15) is 22.8 Å². The van der Waals surface area contributed by atoms with Crippen LogP contribution in [0.5, 0.6) is 0 Å². The van der Waals surface area contributed by atoms with E-state index in [2.05, 4.69) is 22.7 Å². The van der Waals surface area contributed by atoms with Crippen molar-refractivity contribution in [1.29, 1.82) is 0 Å². The second-order valence-corrected chi connectivity index (χ2v) is 6.03. The highest BCUT2D eigenvalue weighted by atomic mass is 35.5. The van der Waals surface area contributed by atoms with E-state index < -0.39 is 0 Å². The lowest BCUT2D eigenvalue weighted by molar-refractivity contribution is 0.0955. The Balaban J connectivity index is 1.71. The van der Waals surface area contributed by atoms with Gasteiger partial charge in [-0.2, -0.15) is 5.10 Å². The minimum Gasteiger partial charge on any atom is -0.267 e. The van der Waals surface area contributed by atoms with E-state index in [0.29, 0.717) is 10.6 Å². The van der Waals surface area contributed by atoms with Crippen LogP contribution in [0.3, 0.4) is 0 Å². The molecule has 25 heavy (non-hydrogen) atoms. The summed E-state index contributed by atoms with van der Waals surface area (Å²) in [7, 11) is 0. The summed E-state index contributed by atoms with van der Waals surface area (Å²) in [5.74, 6) is -0.289. The summed E-state index contributed by atoms with van der Waals surface area (Å²) in [6.45, 7) is 1.86. The summed E-state index contributed by atoms with van der Waals surface area (Å²) in [4.78, 5) is 12.1. The second-order valence-electron chi connectivity index (χ2n) is 5.59. The number of hydrogen-bond acceptors (Lipinski definition) is 2. The van der Waals surface area contributed by atoms with Gasteiger partial charge < -0.3 is 0 Å². The molecule has 1 amide bonds. The van der Waals surface area contributed by atoms with Gasteiger partial charge in [-0.25, -0.2) is 5.43 Å². The Hall–Kier alpha value is -2.91. The lowest BCUT2D eigenvalue weighted by atomic mass is 10.0. The molecule has 0 unspecified atom stereocenters. The Morgan fingerprint density at radius 2 is 1.52 bits per heavy atom. The SMILES string of the molecule is CC(=NNC(=O)c1cccc(Cl)c1)c1ccc(-c2ccccc2)cc1. The fraction of sp³-hybridized carbons (Fsp3) is 0.0476. The molecule has 0 fully saturated rings.